The molecule has 1 aromatic heterocycles. The summed E-state index contributed by atoms with van der Waals surface area (Å²) in [4.78, 5) is 16.0. The summed E-state index contributed by atoms with van der Waals surface area (Å²) in [7, 11) is 1.60. The van der Waals surface area contributed by atoms with E-state index in [9.17, 15) is 4.79 Å². The van der Waals surface area contributed by atoms with Crippen molar-refractivity contribution in [3.8, 4) is 5.75 Å². The van der Waals surface area contributed by atoms with E-state index >= 15 is 0 Å². The number of nitrogens with zero attached hydrogens (tertiary/aromatic N) is 3. The Morgan fingerprint density at radius 1 is 1.48 bits per heavy atom. The number of carbonyl (C=O) groups excluding carboxylic acids is 1. The predicted octanol–water partition coefficient (Wildman–Crippen LogP) is 1.06. The average molecular weight is 285 g/mol. The first-order chi connectivity index (χ1) is 10.1. The highest BCUT2D eigenvalue weighted by molar-refractivity contribution is 5.95. The van der Waals surface area contributed by atoms with E-state index in [0.29, 0.717) is 23.0 Å². The number of amides is 1. The number of nitrogens with two attached hydrogens (primary N) is 1. The molecular weight excluding hydrogens is 270 g/mol. The summed E-state index contributed by atoms with van der Waals surface area (Å²) in [6, 6.07) is 7.04. The fourth-order valence-corrected chi connectivity index (χ4v) is 2.53. The van der Waals surface area contributed by atoms with Gasteiger partial charge in [0.2, 0.25) is 11.9 Å². The molecule has 0 radical (unpaired) electrons. The van der Waals surface area contributed by atoms with Gasteiger partial charge < -0.3 is 15.8 Å². The maximum atomic E-state index is 11.9. The highest BCUT2D eigenvalue weighted by Crippen LogP contribution is 2.35. The molecule has 0 spiro atoms. The molecule has 1 aliphatic rings. The lowest BCUT2D eigenvalue weighted by molar-refractivity contribution is -0.115. The maximum absolute atomic E-state index is 11.9. The van der Waals surface area contributed by atoms with Crippen LogP contribution in [0.4, 0.5) is 5.95 Å². The molecule has 0 saturated heterocycles. The molecule has 21 heavy (non-hydrogen) atoms. The number of ether oxygens (including phenoxy) is 1. The summed E-state index contributed by atoms with van der Waals surface area (Å²) in [5.41, 5.74) is 7.55. The topological polar surface area (TPSA) is 95.1 Å². The van der Waals surface area contributed by atoms with Crippen LogP contribution in [0.25, 0.3) is 0 Å². The molecule has 0 saturated carbocycles. The Morgan fingerprint density at radius 3 is 3.00 bits per heavy atom. The van der Waals surface area contributed by atoms with Crippen molar-refractivity contribution in [1.82, 2.24) is 14.8 Å². The molecule has 1 aliphatic heterocycles. The average Bonchev–Trinajstić information content (AvgIpc) is 2.93. The zero-order valence-electron chi connectivity index (χ0n) is 11.7. The van der Waals surface area contributed by atoms with Gasteiger partial charge in [0.15, 0.2) is 0 Å². The number of hydrogen-bond acceptors (Lipinski definition) is 5. The number of methoxy groups -OCH3 is 1. The summed E-state index contributed by atoms with van der Waals surface area (Å²) < 4.78 is 6.89. The van der Waals surface area contributed by atoms with Crippen LogP contribution in [0.5, 0.6) is 5.75 Å². The van der Waals surface area contributed by atoms with E-state index < -0.39 is 11.9 Å². The molecule has 2 aromatic rings. The van der Waals surface area contributed by atoms with Crippen molar-refractivity contribution >= 4 is 11.9 Å². The van der Waals surface area contributed by atoms with Gasteiger partial charge in [-0.05, 0) is 24.6 Å². The first-order valence-corrected chi connectivity index (χ1v) is 6.43. The van der Waals surface area contributed by atoms with Gasteiger partial charge >= 0.3 is 0 Å². The van der Waals surface area contributed by atoms with E-state index in [1.54, 1.807) is 18.7 Å². The first-order valence-electron chi connectivity index (χ1n) is 6.43. The van der Waals surface area contributed by atoms with Crippen LogP contribution in [0.15, 0.2) is 41.9 Å². The third-order valence-corrected chi connectivity index (χ3v) is 3.47. The molecule has 3 rings (SSSR count). The minimum absolute atomic E-state index is 0.420. The van der Waals surface area contributed by atoms with Gasteiger partial charge in [-0.1, -0.05) is 12.1 Å². The van der Waals surface area contributed by atoms with Crippen LogP contribution < -0.4 is 15.8 Å². The smallest absolute Gasteiger partial charge is 0.248 e. The van der Waals surface area contributed by atoms with Crippen LogP contribution in [-0.2, 0) is 4.79 Å². The van der Waals surface area contributed by atoms with Gasteiger partial charge in [0.1, 0.15) is 18.1 Å². The van der Waals surface area contributed by atoms with E-state index in [1.165, 1.54) is 6.33 Å². The molecule has 0 unspecified atom stereocenters. The Hall–Kier alpha value is -2.83. The number of anilines is 1. The number of nitrogens with one attached hydrogen (secondary N) is 1. The molecule has 2 heterocycles. The lowest BCUT2D eigenvalue weighted by atomic mass is 9.95. The van der Waals surface area contributed by atoms with Crippen molar-refractivity contribution in [2.45, 2.75) is 13.0 Å². The fraction of sp³-hybridized carbons (Fsp3) is 0.214. The van der Waals surface area contributed by atoms with Crippen molar-refractivity contribution in [2.24, 2.45) is 5.73 Å². The van der Waals surface area contributed by atoms with Crippen LogP contribution in [0.1, 0.15) is 18.5 Å². The minimum atomic E-state index is -0.492. The number of hydrogen-bond donors (Lipinski definition) is 2. The molecule has 1 aromatic carbocycles. The highest BCUT2D eigenvalue weighted by atomic mass is 16.5. The summed E-state index contributed by atoms with van der Waals surface area (Å²) >= 11 is 0. The van der Waals surface area contributed by atoms with Crippen LogP contribution >= 0.6 is 0 Å². The van der Waals surface area contributed by atoms with Gasteiger partial charge in [-0.2, -0.15) is 10.1 Å². The van der Waals surface area contributed by atoms with E-state index in [-0.39, 0.29) is 0 Å². The van der Waals surface area contributed by atoms with Gasteiger partial charge in [0.05, 0.1) is 12.7 Å². The molecule has 0 fully saturated rings. The Balaban J connectivity index is 2.19. The number of carbonyl (C=O) groups is 1. The normalized spacial score (nSPS) is 17.1. The third kappa shape index (κ3) is 2.12. The van der Waals surface area contributed by atoms with Crippen molar-refractivity contribution in [3.05, 3.63) is 47.4 Å². The third-order valence-electron chi connectivity index (χ3n) is 3.47. The van der Waals surface area contributed by atoms with Crippen molar-refractivity contribution in [3.63, 3.8) is 0 Å². The Labute approximate surface area is 121 Å². The van der Waals surface area contributed by atoms with Crippen LogP contribution in [0, 0.1) is 0 Å². The molecule has 0 aliphatic carbocycles. The number of aromatic nitrogens is 3. The van der Waals surface area contributed by atoms with Gasteiger partial charge in [-0.3, -0.25) is 4.79 Å². The zero-order chi connectivity index (χ0) is 15.0. The largest absolute Gasteiger partial charge is 0.497 e. The van der Waals surface area contributed by atoms with E-state index in [4.69, 9.17) is 10.5 Å². The van der Waals surface area contributed by atoms with E-state index in [0.717, 1.165) is 5.56 Å². The number of rotatable bonds is 3. The van der Waals surface area contributed by atoms with Crippen LogP contribution in [0.3, 0.4) is 0 Å². The maximum Gasteiger partial charge on any atom is 0.248 e. The number of primary amides is 1. The second kappa shape index (κ2) is 4.93. The summed E-state index contributed by atoms with van der Waals surface area (Å²) in [5.74, 6) is 0.786. The Kier molecular flexibility index (Phi) is 3.09. The fourth-order valence-electron chi connectivity index (χ4n) is 2.53. The molecule has 0 bridgehead atoms. The second-order valence-electron chi connectivity index (χ2n) is 4.74. The molecule has 1 atom stereocenters. The molecular formula is C14H15N5O2. The number of fused-ring (bicyclic) bond motifs is 1. The predicted molar refractivity (Wildman–Crippen MR) is 76.7 cm³/mol. The Bertz CT molecular complexity index is 734. The lowest BCUT2D eigenvalue weighted by Crippen LogP contribution is -2.31. The zero-order valence-corrected chi connectivity index (χ0v) is 11.7. The number of allylic oxidation sites excluding steroid dienone is 1. The molecule has 7 heteroatoms. The molecule has 3 N–H and O–H groups in total. The molecule has 7 nitrogen and oxygen atoms in total. The minimum Gasteiger partial charge on any atom is -0.497 e. The van der Waals surface area contributed by atoms with Crippen LogP contribution in [-0.4, -0.2) is 27.8 Å². The van der Waals surface area contributed by atoms with Gasteiger partial charge in [-0.15, -0.1) is 0 Å². The summed E-state index contributed by atoms with van der Waals surface area (Å²) in [6.45, 7) is 1.80. The van der Waals surface area contributed by atoms with Crippen molar-refractivity contribution < 1.29 is 9.53 Å². The van der Waals surface area contributed by atoms with E-state index in [2.05, 4.69) is 15.4 Å². The van der Waals surface area contributed by atoms with Crippen molar-refractivity contribution in [2.75, 3.05) is 12.4 Å². The summed E-state index contributed by atoms with van der Waals surface area (Å²) in [6.07, 6.45) is 1.44. The van der Waals surface area contributed by atoms with E-state index in [1.807, 2.05) is 24.3 Å². The second-order valence-corrected chi connectivity index (χ2v) is 4.74. The molecule has 108 valence electrons. The number of benzene rings is 1. The van der Waals surface area contributed by atoms with Gasteiger partial charge in [0, 0.05) is 5.70 Å². The monoisotopic (exact) mass is 285 g/mol. The highest BCUT2D eigenvalue weighted by Gasteiger charge is 2.32. The van der Waals surface area contributed by atoms with Gasteiger partial charge in [0.25, 0.3) is 0 Å². The quantitative estimate of drug-likeness (QED) is 0.879. The lowest BCUT2D eigenvalue weighted by Gasteiger charge is -2.27. The standard InChI is InChI=1S/C14H15N5O2/c1-8-11(13(15)20)12(19-14(18-8)16-7-17-19)9-4-3-5-10(6-9)21-2/h3-7,12H,1-2H3,(H2,15,20)(H,16,17,18)/t12-/m0/s1. The van der Waals surface area contributed by atoms with Crippen molar-refractivity contribution in [1.29, 1.82) is 0 Å². The van der Waals surface area contributed by atoms with Crippen LogP contribution in [0.2, 0.25) is 0 Å². The summed E-state index contributed by atoms with van der Waals surface area (Å²) in [5, 5.41) is 7.23. The SMILES string of the molecule is COc1cccc([C@H]2C(C(N)=O)=C(C)Nc3ncnn32)c1. The first kappa shape index (κ1) is 13.2. The van der Waals surface area contributed by atoms with Gasteiger partial charge in [-0.25, -0.2) is 4.68 Å². The Morgan fingerprint density at radius 2 is 2.29 bits per heavy atom. The molecule has 1 amide bonds.